The van der Waals surface area contributed by atoms with E-state index < -0.39 is 6.03 Å². The number of hydrogen-bond acceptors (Lipinski definition) is 4. The van der Waals surface area contributed by atoms with Crippen molar-refractivity contribution in [1.82, 2.24) is 10.2 Å². The van der Waals surface area contributed by atoms with E-state index in [1.54, 1.807) is 24.3 Å². The van der Waals surface area contributed by atoms with E-state index in [1.165, 1.54) is 16.2 Å². The normalized spacial score (nSPS) is 19.5. The van der Waals surface area contributed by atoms with Crippen molar-refractivity contribution in [3.63, 3.8) is 0 Å². The first kappa shape index (κ1) is 19.0. The number of rotatable bonds is 3. The summed E-state index contributed by atoms with van der Waals surface area (Å²) in [5, 5.41) is 2.25. The van der Waals surface area contributed by atoms with Crippen molar-refractivity contribution < 1.29 is 14.4 Å². The third-order valence-corrected chi connectivity index (χ3v) is 5.51. The summed E-state index contributed by atoms with van der Waals surface area (Å²) in [5.74, 6) is -0.343. The van der Waals surface area contributed by atoms with Gasteiger partial charge in [0.05, 0.1) is 0 Å². The highest BCUT2D eigenvalue weighted by molar-refractivity contribution is 6.12. The maximum atomic E-state index is 13.0. The summed E-state index contributed by atoms with van der Waals surface area (Å²) < 4.78 is 0. The van der Waals surface area contributed by atoms with Crippen LogP contribution in [-0.4, -0.2) is 55.0 Å². The lowest BCUT2D eigenvalue weighted by Crippen LogP contribution is -2.54. The third kappa shape index (κ3) is 3.81. The zero-order valence-electron chi connectivity index (χ0n) is 16.6. The Morgan fingerprint density at radius 3 is 2.21 bits per heavy atom. The number of hydrogen-bond donors (Lipinski definition) is 1. The number of imide groups is 1. The lowest BCUT2D eigenvalue weighted by atomic mass is 10.1. The van der Waals surface area contributed by atoms with Gasteiger partial charge in [-0.3, -0.25) is 19.8 Å². The highest BCUT2D eigenvalue weighted by Gasteiger charge is 2.30. The first-order valence-electron chi connectivity index (χ1n) is 9.76. The van der Waals surface area contributed by atoms with Crippen LogP contribution in [0.1, 0.15) is 22.8 Å². The smallest absolute Gasteiger partial charge is 0.329 e. The molecule has 7 heteroatoms. The topological polar surface area (TPSA) is 73.0 Å². The van der Waals surface area contributed by atoms with E-state index >= 15 is 0 Å². The molecule has 150 valence electrons. The quantitative estimate of drug-likeness (QED) is 0.814. The molecule has 2 fully saturated rings. The third-order valence-electron chi connectivity index (χ3n) is 5.51. The van der Waals surface area contributed by atoms with Gasteiger partial charge in [0.2, 0.25) is 5.91 Å². The van der Waals surface area contributed by atoms with Crippen molar-refractivity contribution in [1.29, 1.82) is 0 Å². The van der Waals surface area contributed by atoms with Gasteiger partial charge < -0.3 is 9.80 Å². The summed E-state index contributed by atoms with van der Waals surface area (Å²) in [4.78, 5) is 41.7. The van der Waals surface area contributed by atoms with E-state index in [1.807, 2.05) is 4.90 Å². The predicted octanol–water partition coefficient (Wildman–Crippen LogP) is 2.40. The highest BCUT2D eigenvalue weighted by atomic mass is 16.2. The van der Waals surface area contributed by atoms with E-state index in [-0.39, 0.29) is 24.4 Å². The number of nitrogens with one attached hydrogen (secondary N) is 1. The molecule has 2 aliphatic heterocycles. The zero-order valence-corrected chi connectivity index (χ0v) is 16.6. The fourth-order valence-electron chi connectivity index (χ4n) is 3.85. The standard InChI is InChI=1S/C22H24N4O3/c1-15-3-7-18(8-4-15)24-11-12-25(16(2)13-24)21(28)17-5-9-19(10-6-17)26-14-20(27)23-22(26)29/h3-10,16H,11-14H2,1-2H3,(H,23,27,29)/t16-/m1/s1. The Labute approximate surface area is 169 Å². The van der Waals surface area contributed by atoms with Crippen LogP contribution in [0.2, 0.25) is 0 Å². The molecule has 2 saturated heterocycles. The van der Waals surface area contributed by atoms with Gasteiger partial charge in [0.25, 0.3) is 5.91 Å². The van der Waals surface area contributed by atoms with Crippen LogP contribution in [0.25, 0.3) is 0 Å². The number of nitrogens with zero attached hydrogens (tertiary/aromatic N) is 3. The molecule has 0 aromatic heterocycles. The first-order valence-corrected chi connectivity index (χ1v) is 9.76. The van der Waals surface area contributed by atoms with Gasteiger partial charge >= 0.3 is 6.03 Å². The van der Waals surface area contributed by atoms with Crippen molar-refractivity contribution >= 4 is 29.2 Å². The van der Waals surface area contributed by atoms with E-state index in [0.29, 0.717) is 17.8 Å². The fourth-order valence-corrected chi connectivity index (χ4v) is 3.85. The average Bonchev–Trinajstić information content (AvgIpc) is 3.06. The minimum atomic E-state index is -0.435. The molecule has 7 nitrogen and oxygen atoms in total. The van der Waals surface area contributed by atoms with E-state index in [4.69, 9.17) is 0 Å². The molecule has 29 heavy (non-hydrogen) atoms. The minimum absolute atomic E-state index is 0.00410. The van der Waals surface area contributed by atoms with Crippen LogP contribution >= 0.6 is 0 Å². The minimum Gasteiger partial charge on any atom is -0.368 e. The van der Waals surface area contributed by atoms with Gasteiger partial charge in [0.15, 0.2) is 0 Å². The van der Waals surface area contributed by atoms with Crippen LogP contribution in [0.5, 0.6) is 0 Å². The molecule has 2 heterocycles. The maximum Gasteiger partial charge on any atom is 0.329 e. The summed E-state index contributed by atoms with van der Waals surface area (Å²) >= 11 is 0. The Kier molecular flexibility index (Phi) is 4.96. The van der Waals surface area contributed by atoms with E-state index in [2.05, 4.69) is 48.3 Å². The molecular weight excluding hydrogens is 368 g/mol. The van der Waals surface area contributed by atoms with Crippen molar-refractivity contribution in [2.24, 2.45) is 0 Å². The monoisotopic (exact) mass is 392 g/mol. The predicted molar refractivity (Wildman–Crippen MR) is 111 cm³/mol. The van der Waals surface area contributed by atoms with Gasteiger partial charge in [0.1, 0.15) is 6.54 Å². The fraction of sp³-hybridized carbons (Fsp3) is 0.318. The van der Waals surface area contributed by atoms with E-state index in [9.17, 15) is 14.4 Å². The Balaban J connectivity index is 1.42. The van der Waals surface area contributed by atoms with Crippen LogP contribution in [0.4, 0.5) is 16.2 Å². The van der Waals surface area contributed by atoms with Gasteiger partial charge in [-0.2, -0.15) is 0 Å². The Bertz CT molecular complexity index is 940. The van der Waals surface area contributed by atoms with Gasteiger partial charge in [0, 0.05) is 42.6 Å². The molecule has 0 unspecified atom stereocenters. The summed E-state index contributed by atoms with van der Waals surface area (Å²) in [5.41, 5.74) is 3.59. The number of carbonyl (C=O) groups excluding carboxylic acids is 3. The number of anilines is 2. The van der Waals surface area contributed by atoms with Crippen LogP contribution in [0, 0.1) is 6.92 Å². The van der Waals surface area contributed by atoms with Crippen molar-refractivity contribution in [3.8, 4) is 0 Å². The van der Waals surface area contributed by atoms with Crippen LogP contribution in [-0.2, 0) is 4.79 Å². The van der Waals surface area contributed by atoms with Gasteiger partial charge in [-0.15, -0.1) is 0 Å². The largest absolute Gasteiger partial charge is 0.368 e. The Hall–Kier alpha value is -3.35. The molecule has 0 bridgehead atoms. The molecule has 4 rings (SSSR count). The van der Waals surface area contributed by atoms with Gasteiger partial charge in [-0.05, 0) is 50.2 Å². The van der Waals surface area contributed by atoms with Crippen LogP contribution < -0.4 is 15.1 Å². The number of carbonyl (C=O) groups is 3. The maximum absolute atomic E-state index is 13.0. The molecule has 2 aromatic carbocycles. The molecule has 0 saturated carbocycles. The second-order valence-corrected chi connectivity index (χ2v) is 7.62. The molecule has 2 aliphatic rings. The summed E-state index contributed by atoms with van der Waals surface area (Å²) in [6.07, 6.45) is 0. The van der Waals surface area contributed by atoms with E-state index in [0.717, 1.165) is 13.1 Å². The Morgan fingerprint density at radius 1 is 0.966 bits per heavy atom. The van der Waals surface area contributed by atoms with Gasteiger partial charge in [-0.1, -0.05) is 17.7 Å². The summed E-state index contributed by atoms with van der Waals surface area (Å²) in [7, 11) is 0. The first-order chi connectivity index (χ1) is 13.9. The second kappa shape index (κ2) is 7.58. The number of aryl methyl sites for hydroxylation is 1. The molecular formula is C22H24N4O3. The molecule has 0 spiro atoms. The Morgan fingerprint density at radius 2 is 1.62 bits per heavy atom. The SMILES string of the molecule is Cc1ccc(N2CCN(C(=O)c3ccc(N4CC(=O)NC4=O)cc3)[C@H](C)C2)cc1. The molecule has 0 radical (unpaired) electrons. The second-order valence-electron chi connectivity index (χ2n) is 7.62. The molecule has 4 amide bonds. The van der Waals surface area contributed by atoms with Crippen LogP contribution in [0.3, 0.4) is 0 Å². The molecule has 1 N–H and O–H groups in total. The van der Waals surface area contributed by atoms with Crippen molar-refractivity contribution in [2.45, 2.75) is 19.9 Å². The van der Waals surface area contributed by atoms with Crippen LogP contribution in [0.15, 0.2) is 48.5 Å². The number of benzene rings is 2. The molecule has 2 aromatic rings. The van der Waals surface area contributed by atoms with Crippen molar-refractivity contribution in [2.75, 3.05) is 36.0 Å². The summed E-state index contributed by atoms with van der Waals surface area (Å²) in [6, 6.07) is 14.9. The number of piperazine rings is 1. The van der Waals surface area contributed by atoms with Crippen molar-refractivity contribution in [3.05, 3.63) is 59.7 Å². The molecule has 1 atom stereocenters. The summed E-state index contributed by atoms with van der Waals surface area (Å²) in [6.45, 7) is 6.36. The number of urea groups is 1. The highest BCUT2D eigenvalue weighted by Crippen LogP contribution is 2.23. The number of amides is 4. The lowest BCUT2D eigenvalue weighted by molar-refractivity contribution is -0.117. The zero-order chi connectivity index (χ0) is 20.5. The molecule has 0 aliphatic carbocycles. The average molecular weight is 392 g/mol. The lowest BCUT2D eigenvalue weighted by Gasteiger charge is -2.41. The van der Waals surface area contributed by atoms with Gasteiger partial charge in [-0.25, -0.2) is 4.79 Å².